The Kier molecular flexibility index (Phi) is 5.75. The predicted molar refractivity (Wildman–Crippen MR) is 96.1 cm³/mol. The van der Waals surface area contributed by atoms with Crippen LogP contribution in [0.25, 0.3) is 0 Å². The summed E-state index contributed by atoms with van der Waals surface area (Å²) >= 11 is 0. The van der Waals surface area contributed by atoms with Gasteiger partial charge in [-0.3, -0.25) is 0 Å². The molecule has 0 N–H and O–H groups in total. The molecule has 2 fully saturated rings. The molecule has 0 saturated heterocycles. The first-order valence-corrected chi connectivity index (χ1v) is 10.7. The Morgan fingerprint density at radius 1 is 0.762 bits per heavy atom. The molecular weight excluding hydrogens is 271 g/mol. The van der Waals surface area contributed by atoms with Gasteiger partial charge in [0, 0.05) is 0 Å². The molecule has 0 bridgehead atoms. The van der Waals surface area contributed by atoms with E-state index in [-0.39, 0.29) is 7.92 Å². The van der Waals surface area contributed by atoms with E-state index in [1.165, 1.54) is 76.2 Å². The fourth-order valence-corrected chi connectivity index (χ4v) is 8.12. The quantitative estimate of drug-likeness (QED) is 0.596. The molecule has 116 valence electrons. The van der Waals surface area contributed by atoms with E-state index in [4.69, 9.17) is 0 Å². The largest absolute Gasteiger partial charge is 0.0690 e. The Labute approximate surface area is 132 Å². The van der Waals surface area contributed by atoms with Crippen LogP contribution in [0.2, 0.25) is 0 Å². The number of hydrogen-bond donors (Lipinski definition) is 0. The molecule has 1 aromatic rings. The second kappa shape index (κ2) is 7.77. The molecular formula is C20H31P. The van der Waals surface area contributed by atoms with Crippen LogP contribution in [0, 0.1) is 0 Å². The van der Waals surface area contributed by atoms with Gasteiger partial charge in [0.15, 0.2) is 0 Å². The van der Waals surface area contributed by atoms with Crippen molar-refractivity contribution in [1.82, 2.24) is 0 Å². The third-order valence-electron chi connectivity index (χ3n) is 5.58. The van der Waals surface area contributed by atoms with Crippen LogP contribution in [0.15, 0.2) is 24.3 Å². The Hall–Kier alpha value is -0.350. The molecule has 0 unspecified atom stereocenters. The summed E-state index contributed by atoms with van der Waals surface area (Å²) < 4.78 is 0. The Morgan fingerprint density at radius 2 is 1.24 bits per heavy atom. The van der Waals surface area contributed by atoms with Crippen molar-refractivity contribution < 1.29 is 0 Å². The van der Waals surface area contributed by atoms with Crippen LogP contribution in [0.3, 0.4) is 0 Å². The standard InChI is InChI=1S/C20H31P/c1-2-17-13-15-20(16-14-17)21(18-9-5-3-6-10-18)19-11-7-4-8-12-19/h13-16,18-19H,2-12H2,1H3. The number of rotatable bonds is 4. The second-order valence-electron chi connectivity index (χ2n) is 7.01. The van der Waals surface area contributed by atoms with E-state index in [2.05, 4.69) is 31.2 Å². The summed E-state index contributed by atoms with van der Waals surface area (Å²) in [7, 11) is 0.0905. The molecule has 2 aliphatic carbocycles. The van der Waals surface area contributed by atoms with Crippen molar-refractivity contribution in [3.8, 4) is 0 Å². The van der Waals surface area contributed by atoms with E-state index in [1.54, 1.807) is 5.30 Å². The highest BCUT2D eigenvalue weighted by molar-refractivity contribution is 7.67. The molecule has 2 saturated carbocycles. The smallest absolute Gasteiger partial charge is 0.0166 e. The van der Waals surface area contributed by atoms with Crippen LogP contribution in [0.4, 0.5) is 0 Å². The normalized spacial score (nSPS) is 21.8. The Balaban J connectivity index is 1.82. The predicted octanol–water partition coefficient (Wildman–Crippen LogP) is 6.02. The van der Waals surface area contributed by atoms with Crippen molar-refractivity contribution in [2.45, 2.75) is 88.9 Å². The third-order valence-corrected chi connectivity index (χ3v) is 9.08. The van der Waals surface area contributed by atoms with Crippen molar-refractivity contribution >= 4 is 13.2 Å². The average molecular weight is 302 g/mol. The number of hydrogen-bond acceptors (Lipinski definition) is 0. The van der Waals surface area contributed by atoms with E-state index < -0.39 is 0 Å². The van der Waals surface area contributed by atoms with Gasteiger partial charge in [0.25, 0.3) is 0 Å². The second-order valence-corrected chi connectivity index (χ2v) is 9.80. The van der Waals surface area contributed by atoms with E-state index in [9.17, 15) is 0 Å². The van der Waals surface area contributed by atoms with Gasteiger partial charge in [0.1, 0.15) is 0 Å². The zero-order valence-electron chi connectivity index (χ0n) is 13.7. The molecule has 21 heavy (non-hydrogen) atoms. The fourth-order valence-electron chi connectivity index (χ4n) is 4.34. The zero-order chi connectivity index (χ0) is 14.5. The van der Waals surface area contributed by atoms with Crippen LogP contribution >= 0.6 is 7.92 Å². The summed E-state index contributed by atoms with van der Waals surface area (Å²) in [6.45, 7) is 2.26. The molecule has 0 amide bonds. The van der Waals surface area contributed by atoms with Gasteiger partial charge in [-0.1, -0.05) is 77.6 Å². The molecule has 0 aromatic heterocycles. The summed E-state index contributed by atoms with van der Waals surface area (Å²) in [5.41, 5.74) is 3.56. The lowest BCUT2D eigenvalue weighted by Crippen LogP contribution is -2.26. The molecule has 3 rings (SSSR count). The first kappa shape index (κ1) is 15.5. The van der Waals surface area contributed by atoms with Gasteiger partial charge in [0.2, 0.25) is 0 Å². The van der Waals surface area contributed by atoms with Gasteiger partial charge in [-0.05, 0) is 54.3 Å². The summed E-state index contributed by atoms with van der Waals surface area (Å²) in [6.07, 6.45) is 16.1. The Bertz CT molecular complexity index is 392. The summed E-state index contributed by atoms with van der Waals surface area (Å²) in [5.74, 6) is 0. The van der Waals surface area contributed by atoms with Gasteiger partial charge < -0.3 is 0 Å². The topological polar surface area (TPSA) is 0 Å². The molecule has 2 aliphatic rings. The summed E-state index contributed by atoms with van der Waals surface area (Å²) in [4.78, 5) is 0. The molecule has 1 heteroatoms. The minimum atomic E-state index is 0.0905. The molecule has 0 heterocycles. The van der Waals surface area contributed by atoms with Crippen molar-refractivity contribution in [2.75, 3.05) is 0 Å². The lowest BCUT2D eigenvalue weighted by atomic mass is 9.99. The molecule has 1 aromatic carbocycles. The van der Waals surface area contributed by atoms with Crippen molar-refractivity contribution in [3.05, 3.63) is 29.8 Å². The molecule has 0 spiro atoms. The SMILES string of the molecule is CCc1ccc(P(C2CCCCC2)C2CCCCC2)cc1. The highest BCUT2D eigenvalue weighted by Crippen LogP contribution is 2.54. The molecule has 0 nitrogen and oxygen atoms in total. The Morgan fingerprint density at radius 3 is 1.67 bits per heavy atom. The van der Waals surface area contributed by atoms with Crippen molar-refractivity contribution in [2.24, 2.45) is 0 Å². The van der Waals surface area contributed by atoms with E-state index in [0.717, 1.165) is 11.3 Å². The fraction of sp³-hybridized carbons (Fsp3) is 0.700. The molecule has 0 aliphatic heterocycles. The van der Waals surface area contributed by atoms with Gasteiger partial charge in [-0.15, -0.1) is 0 Å². The highest BCUT2D eigenvalue weighted by Gasteiger charge is 2.31. The minimum absolute atomic E-state index is 0.0905. The van der Waals surface area contributed by atoms with E-state index in [0.29, 0.717) is 0 Å². The van der Waals surface area contributed by atoms with E-state index in [1.807, 2.05) is 0 Å². The average Bonchev–Trinajstić information content (AvgIpc) is 2.58. The van der Waals surface area contributed by atoms with Crippen LogP contribution < -0.4 is 5.30 Å². The van der Waals surface area contributed by atoms with Gasteiger partial charge >= 0.3 is 0 Å². The zero-order valence-corrected chi connectivity index (χ0v) is 14.6. The monoisotopic (exact) mass is 302 g/mol. The first-order chi connectivity index (χ1) is 10.4. The molecule has 0 radical (unpaired) electrons. The maximum absolute atomic E-state index is 2.49. The minimum Gasteiger partial charge on any atom is -0.0690 e. The van der Waals surface area contributed by atoms with Crippen LogP contribution in [-0.2, 0) is 6.42 Å². The van der Waals surface area contributed by atoms with Crippen molar-refractivity contribution in [3.63, 3.8) is 0 Å². The van der Waals surface area contributed by atoms with Crippen molar-refractivity contribution in [1.29, 1.82) is 0 Å². The molecule has 0 atom stereocenters. The highest BCUT2D eigenvalue weighted by atomic mass is 31.1. The maximum atomic E-state index is 2.49. The van der Waals surface area contributed by atoms with Crippen LogP contribution in [0.1, 0.15) is 76.7 Å². The van der Waals surface area contributed by atoms with Gasteiger partial charge in [-0.25, -0.2) is 0 Å². The summed E-state index contributed by atoms with van der Waals surface area (Å²) in [5, 5.41) is 1.72. The third kappa shape index (κ3) is 3.89. The maximum Gasteiger partial charge on any atom is -0.0166 e. The lowest BCUT2D eigenvalue weighted by molar-refractivity contribution is 0.487. The van der Waals surface area contributed by atoms with Gasteiger partial charge in [0.05, 0.1) is 0 Å². The first-order valence-electron chi connectivity index (χ1n) is 9.26. The number of aryl methyl sites for hydroxylation is 1. The van der Waals surface area contributed by atoms with E-state index >= 15 is 0 Å². The summed E-state index contributed by atoms with van der Waals surface area (Å²) in [6, 6.07) is 9.79. The lowest BCUT2D eigenvalue weighted by Gasteiger charge is -2.38. The van der Waals surface area contributed by atoms with Crippen LogP contribution in [0.5, 0.6) is 0 Å². The van der Waals surface area contributed by atoms with Gasteiger partial charge in [-0.2, -0.15) is 0 Å². The number of benzene rings is 1. The van der Waals surface area contributed by atoms with Crippen LogP contribution in [-0.4, -0.2) is 11.3 Å².